The van der Waals surface area contributed by atoms with Crippen molar-refractivity contribution in [2.24, 2.45) is 0 Å². The molecule has 2 heterocycles. The molecule has 1 unspecified atom stereocenters. The molecule has 1 N–H and O–H groups in total. The Labute approximate surface area is 106 Å². The third kappa shape index (κ3) is 2.39. The molecule has 1 aliphatic rings. The minimum Gasteiger partial charge on any atom is -0.344 e. The molecule has 100 valence electrons. The molecule has 1 amide bonds. The van der Waals surface area contributed by atoms with Crippen molar-refractivity contribution in [1.82, 2.24) is 19.4 Å². The van der Waals surface area contributed by atoms with E-state index in [0.717, 1.165) is 0 Å². The van der Waals surface area contributed by atoms with E-state index in [9.17, 15) is 13.2 Å². The number of hydrogen-bond donors (Lipinski definition) is 1. The van der Waals surface area contributed by atoms with Gasteiger partial charge in [-0.1, -0.05) is 0 Å². The van der Waals surface area contributed by atoms with Gasteiger partial charge in [-0.25, -0.2) is 8.42 Å². The lowest BCUT2D eigenvalue weighted by Crippen LogP contribution is -2.40. The van der Waals surface area contributed by atoms with Crippen molar-refractivity contribution in [3.63, 3.8) is 0 Å². The first kappa shape index (κ1) is 13.0. The number of likely N-dealkylation sites (N-methyl/N-ethyl adjacent to an activating group) is 1. The lowest BCUT2D eigenvalue weighted by Gasteiger charge is -2.11. The number of carbonyl (C=O) groups excluding carboxylic acids is 1. The van der Waals surface area contributed by atoms with Crippen molar-refractivity contribution < 1.29 is 13.2 Å². The average molecular weight is 272 g/mol. The molecule has 1 aromatic rings. The quantitative estimate of drug-likeness (QED) is 0.794. The zero-order valence-electron chi connectivity index (χ0n) is 10.3. The number of likely N-dealkylation sites (tertiary alicyclic amines) is 1. The summed E-state index contributed by atoms with van der Waals surface area (Å²) in [5.41, 5.74) is 0. The molecule has 1 aromatic heterocycles. The lowest BCUT2D eigenvalue weighted by atomic mass is 10.3. The molecule has 0 radical (unpaired) electrons. The first-order chi connectivity index (χ1) is 8.44. The maximum absolute atomic E-state index is 12.0. The van der Waals surface area contributed by atoms with E-state index in [2.05, 4.69) is 9.82 Å². The first-order valence-corrected chi connectivity index (χ1v) is 7.22. The standard InChI is InChI=1S/C10H16N4O3S/c1-3-14-7-8(6-11-14)18(16,17)12-9-4-5-13(2)10(9)15/h6-7,9,12H,3-5H2,1-2H3. The van der Waals surface area contributed by atoms with E-state index in [1.54, 1.807) is 7.05 Å². The highest BCUT2D eigenvalue weighted by molar-refractivity contribution is 7.89. The van der Waals surface area contributed by atoms with E-state index in [1.807, 2.05) is 6.92 Å². The Balaban J connectivity index is 2.15. The summed E-state index contributed by atoms with van der Waals surface area (Å²) >= 11 is 0. The minimum absolute atomic E-state index is 0.0895. The van der Waals surface area contributed by atoms with E-state index >= 15 is 0 Å². The summed E-state index contributed by atoms with van der Waals surface area (Å²) in [6, 6.07) is -0.662. The number of hydrogen-bond acceptors (Lipinski definition) is 4. The Morgan fingerprint density at radius 1 is 1.56 bits per heavy atom. The fourth-order valence-electron chi connectivity index (χ4n) is 1.84. The minimum atomic E-state index is -3.67. The third-order valence-corrected chi connectivity index (χ3v) is 4.40. The number of sulfonamides is 1. The van der Waals surface area contributed by atoms with Gasteiger partial charge in [-0.05, 0) is 13.3 Å². The average Bonchev–Trinajstić information content (AvgIpc) is 2.91. The first-order valence-electron chi connectivity index (χ1n) is 5.74. The van der Waals surface area contributed by atoms with Crippen molar-refractivity contribution in [2.45, 2.75) is 30.8 Å². The topological polar surface area (TPSA) is 84.3 Å². The fraction of sp³-hybridized carbons (Fsp3) is 0.600. The molecule has 1 aliphatic heterocycles. The van der Waals surface area contributed by atoms with Gasteiger partial charge < -0.3 is 4.90 Å². The molecule has 18 heavy (non-hydrogen) atoms. The second-order valence-corrected chi connectivity index (χ2v) is 5.97. The van der Waals surface area contributed by atoms with Gasteiger partial charge >= 0.3 is 0 Å². The maximum atomic E-state index is 12.0. The van der Waals surface area contributed by atoms with Crippen molar-refractivity contribution in [3.05, 3.63) is 12.4 Å². The number of nitrogens with zero attached hydrogens (tertiary/aromatic N) is 3. The highest BCUT2D eigenvalue weighted by Gasteiger charge is 2.33. The molecule has 7 nitrogen and oxygen atoms in total. The van der Waals surface area contributed by atoms with Crippen molar-refractivity contribution in [1.29, 1.82) is 0 Å². The molecule has 8 heteroatoms. The van der Waals surface area contributed by atoms with Gasteiger partial charge in [0.1, 0.15) is 10.9 Å². The Kier molecular flexibility index (Phi) is 3.40. The lowest BCUT2D eigenvalue weighted by molar-refractivity contribution is -0.127. The van der Waals surface area contributed by atoms with Gasteiger partial charge in [-0.2, -0.15) is 9.82 Å². The molecule has 1 saturated heterocycles. The summed E-state index contributed by atoms with van der Waals surface area (Å²) in [4.78, 5) is 13.3. The van der Waals surface area contributed by atoms with Crippen molar-refractivity contribution in [3.8, 4) is 0 Å². The summed E-state index contributed by atoms with van der Waals surface area (Å²) in [6.45, 7) is 3.03. The van der Waals surface area contributed by atoms with Crippen LogP contribution in [0.5, 0.6) is 0 Å². The van der Waals surface area contributed by atoms with Crippen molar-refractivity contribution in [2.75, 3.05) is 13.6 Å². The largest absolute Gasteiger partial charge is 0.344 e. The van der Waals surface area contributed by atoms with Crippen LogP contribution in [0.15, 0.2) is 17.3 Å². The van der Waals surface area contributed by atoms with Crippen LogP contribution < -0.4 is 4.72 Å². The van der Waals surface area contributed by atoms with Gasteiger partial charge in [0, 0.05) is 26.3 Å². The molecular formula is C10H16N4O3S. The summed E-state index contributed by atoms with van der Waals surface area (Å²) in [7, 11) is -2.01. The zero-order valence-corrected chi connectivity index (χ0v) is 11.1. The Morgan fingerprint density at radius 3 is 2.78 bits per heavy atom. The second kappa shape index (κ2) is 4.69. The number of aromatic nitrogens is 2. The zero-order chi connectivity index (χ0) is 13.3. The molecule has 1 atom stereocenters. The number of amides is 1. The molecule has 0 saturated carbocycles. The maximum Gasteiger partial charge on any atom is 0.244 e. The van der Waals surface area contributed by atoms with Gasteiger partial charge in [-0.15, -0.1) is 0 Å². The molecular weight excluding hydrogens is 256 g/mol. The monoisotopic (exact) mass is 272 g/mol. The molecule has 2 rings (SSSR count). The van der Waals surface area contributed by atoms with Crippen LogP contribution in [-0.4, -0.2) is 48.6 Å². The second-order valence-electron chi connectivity index (χ2n) is 4.25. The summed E-state index contributed by atoms with van der Waals surface area (Å²) in [5.74, 6) is -0.193. The fourth-order valence-corrected chi connectivity index (χ4v) is 3.02. The van der Waals surface area contributed by atoms with E-state index in [0.29, 0.717) is 19.5 Å². The van der Waals surface area contributed by atoms with Gasteiger partial charge in [0.15, 0.2) is 0 Å². The smallest absolute Gasteiger partial charge is 0.244 e. The molecule has 0 bridgehead atoms. The van der Waals surface area contributed by atoms with Crippen LogP contribution in [0.3, 0.4) is 0 Å². The van der Waals surface area contributed by atoms with Crippen LogP contribution in [0.25, 0.3) is 0 Å². The summed E-state index contributed by atoms with van der Waals surface area (Å²) in [5, 5.41) is 3.91. The number of aryl methyl sites for hydroxylation is 1. The number of carbonyl (C=O) groups is 1. The number of nitrogens with one attached hydrogen (secondary N) is 1. The molecule has 1 fully saturated rings. The highest BCUT2D eigenvalue weighted by atomic mass is 32.2. The van der Waals surface area contributed by atoms with E-state index in [1.165, 1.54) is 22.0 Å². The predicted molar refractivity (Wildman–Crippen MR) is 64.3 cm³/mol. The van der Waals surface area contributed by atoms with Gasteiger partial charge in [0.2, 0.25) is 15.9 Å². The number of rotatable bonds is 4. The predicted octanol–water partition coefficient (Wildman–Crippen LogP) is -0.588. The van der Waals surface area contributed by atoms with Crippen LogP contribution >= 0.6 is 0 Å². The Morgan fingerprint density at radius 2 is 2.28 bits per heavy atom. The van der Waals surface area contributed by atoms with Crippen LogP contribution in [-0.2, 0) is 21.4 Å². The van der Waals surface area contributed by atoms with Gasteiger partial charge in [0.25, 0.3) is 0 Å². The van der Waals surface area contributed by atoms with Crippen LogP contribution in [0, 0.1) is 0 Å². The summed E-state index contributed by atoms with van der Waals surface area (Å²) in [6.07, 6.45) is 3.23. The highest BCUT2D eigenvalue weighted by Crippen LogP contribution is 2.13. The summed E-state index contributed by atoms with van der Waals surface area (Å²) < 4.78 is 28.0. The molecule has 0 aromatic carbocycles. The normalized spacial score (nSPS) is 20.7. The van der Waals surface area contributed by atoms with Crippen LogP contribution in [0.2, 0.25) is 0 Å². The Bertz CT molecular complexity index is 551. The Hall–Kier alpha value is -1.41. The van der Waals surface area contributed by atoms with Gasteiger partial charge in [0.05, 0.1) is 6.20 Å². The van der Waals surface area contributed by atoms with Crippen LogP contribution in [0.4, 0.5) is 0 Å². The van der Waals surface area contributed by atoms with Crippen LogP contribution in [0.1, 0.15) is 13.3 Å². The van der Waals surface area contributed by atoms with E-state index < -0.39 is 16.1 Å². The molecule has 0 spiro atoms. The molecule has 0 aliphatic carbocycles. The third-order valence-electron chi connectivity index (χ3n) is 2.97. The van der Waals surface area contributed by atoms with Gasteiger partial charge in [-0.3, -0.25) is 9.48 Å². The van der Waals surface area contributed by atoms with E-state index in [4.69, 9.17) is 0 Å². The van der Waals surface area contributed by atoms with E-state index in [-0.39, 0.29) is 10.8 Å². The SMILES string of the molecule is CCn1cc(S(=O)(=O)NC2CCN(C)C2=O)cn1. The van der Waals surface area contributed by atoms with Crippen molar-refractivity contribution >= 4 is 15.9 Å².